The quantitative estimate of drug-likeness (QED) is 0.724. The molecule has 8 heteroatoms. The molecule has 0 radical (unpaired) electrons. The molecule has 0 saturated carbocycles. The molecular weight excluding hydrogens is 388 g/mol. The molecule has 3 rings (SSSR count). The van der Waals surface area contributed by atoms with Crippen molar-refractivity contribution in [2.75, 3.05) is 29.9 Å². The van der Waals surface area contributed by atoms with Gasteiger partial charge in [-0.3, -0.25) is 9.78 Å². The summed E-state index contributed by atoms with van der Waals surface area (Å²) in [5, 5.41) is 2.76. The minimum atomic E-state index is -3.57. The Hall–Kier alpha value is -2.45. The van der Waals surface area contributed by atoms with Gasteiger partial charge < -0.3 is 10.2 Å². The first kappa shape index (κ1) is 21.3. The molecule has 1 aromatic carbocycles. The number of carbonyl (C=O) groups excluding carboxylic acids is 1. The first-order valence-corrected chi connectivity index (χ1v) is 11.4. The Balaban J connectivity index is 1.51. The second-order valence-electron chi connectivity index (χ2n) is 7.66. The first-order valence-electron chi connectivity index (χ1n) is 9.91. The van der Waals surface area contributed by atoms with E-state index in [0.29, 0.717) is 18.2 Å². The molecule has 0 spiro atoms. The molecule has 2 aromatic rings. The molecule has 2 heterocycles. The fourth-order valence-electron chi connectivity index (χ4n) is 3.27. The van der Waals surface area contributed by atoms with Crippen molar-refractivity contribution in [3.63, 3.8) is 0 Å². The summed E-state index contributed by atoms with van der Waals surface area (Å²) in [6, 6.07) is 10.3. The molecule has 0 atom stereocenters. The number of amides is 1. The molecule has 29 heavy (non-hydrogen) atoms. The van der Waals surface area contributed by atoms with Gasteiger partial charge in [0.15, 0.2) is 0 Å². The highest BCUT2D eigenvalue weighted by atomic mass is 32.2. The van der Waals surface area contributed by atoms with Crippen molar-refractivity contribution in [1.82, 2.24) is 9.71 Å². The highest BCUT2D eigenvalue weighted by Gasteiger charge is 2.22. The highest BCUT2D eigenvalue weighted by molar-refractivity contribution is 7.89. The zero-order valence-corrected chi connectivity index (χ0v) is 17.7. The molecule has 0 unspecified atom stereocenters. The maximum atomic E-state index is 12.6. The van der Waals surface area contributed by atoms with E-state index >= 15 is 0 Å². The number of sulfonamides is 1. The summed E-state index contributed by atoms with van der Waals surface area (Å²) in [5.41, 5.74) is 1.75. The standard InChI is InChI=1S/C21H28N4O3S/c1-16(2)21(26)24-18-3-5-20(6-4-18)29(27,28)23-15-17-9-13-25(14-10-17)19-7-11-22-12-8-19/h3-8,11-12,16-17,23H,9-10,13-15H2,1-2H3,(H,24,26). The van der Waals surface area contributed by atoms with Crippen LogP contribution in [-0.4, -0.2) is 38.9 Å². The van der Waals surface area contributed by atoms with Crippen molar-refractivity contribution in [2.45, 2.75) is 31.6 Å². The summed E-state index contributed by atoms with van der Waals surface area (Å²) in [5.74, 6) is 0.0781. The zero-order chi connectivity index (χ0) is 20.9. The third-order valence-electron chi connectivity index (χ3n) is 5.16. The lowest BCUT2D eigenvalue weighted by molar-refractivity contribution is -0.118. The molecule has 156 valence electrons. The fraction of sp³-hybridized carbons (Fsp3) is 0.429. The van der Waals surface area contributed by atoms with Gasteiger partial charge in [0.1, 0.15) is 0 Å². The minimum absolute atomic E-state index is 0.100. The Bertz CT molecular complexity index is 907. The lowest BCUT2D eigenvalue weighted by Crippen LogP contribution is -2.38. The summed E-state index contributed by atoms with van der Waals surface area (Å²) < 4.78 is 27.9. The van der Waals surface area contributed by atoms with Crippen LogP contribution in [0, 0.1) is 11.8 Å². The van der Waals surface area contributed by atoms with Crippen molar-refractivity contribution >= 4 is 27.3 Å². The lowest BCUT2D eigenvalue weighted by atomic mass is 9.97. The SMILES string of the molecule is CC(C)C(=O)Nc1ccc(S(=O)(=O)NCC2CCN(c3ccncc3)CC2)cc1. The van der Waals surface area contributed by atoms with Crippen molar-refractivity contribution in [3.05, 3.63) is 48.8 Å². The average molecular weight is 417 g/mol. The first-order chi connectivity index (χ1) is 13.8. The van der Waals surface area contributed by atoms with Crippen LogP contribution in [0.25, 0.3) is 0 Å². The summed E-state index contributed by atoms with van der Waals surface area (Å²) in [6.45, 7) is 5.85. The molecule has 7 nitrogen and oxygen atoms in total. The molecule has 1 aliphatic heterocycles. The van der Waals surface area contributed by atoms with E-state index in [4.69, 9.17) is 0 Å². The molecule has 0 bridgehead atoms. The van der Waals surface area contributed by atoms with Crippen LogP contribution in [-0.2, 0) is 14.8 Å². The van der Waals surface area contributed by atoms with Gasteiger partial charge in [-0.2, -0.15) is 0 Å². The zero-order valence-electron chi connectivity index (χ0n) is 16.8. The molecule has 2 N–H and O–H groups in total. The van der Waals surface area contributed by atoms with Crippen LogP contribution in [0.5, 0.6) is 0 Å². The molecule has 1 saturated heterocycles. The van der Waals surface area contributed by atoms with E-state index in [1.165, 1.54) is 12.1 Å². The Morgan fingerprint density at radius 1 is 1.10 bits per heavy atom. The van der Waals surface area contributed by atoms with E-state index in [1.807, 2.05) is 12.1 Å². The number of hydrogen-bond acceptors (Lipinski definition) is 5. The maximum absolute atomic E-state index is 12.6. The Morgan fingerprint density at radius 2 is 1.72 bits per heavy atom. The molecule has 0 aliphatic carbocycles. The normalized spacial score (nSPS) is 15.5. The van der Waals surface area contributed by atoms with E-state index in [0.717, 1.165) is 31.6 Å². The largest absolute Gasteiger partial charge is 0.371 e. The van der Waals surface area contributed by atoms with E-state index in [-0.39, 0.29) is 16.7 Å². The third-order valence-corrected chi connectivity index (χ3v) is 6.60. The summed E-state index contributed by atoms with van der Waals surface area (Å²) in [6.07, 6.45) is 5.44. The molecule has 1 amide bonds. The number of hydrogen-bond donors (Lipinski definition) is 2. The predicted molar refractivity (Wildman–Crippen MR) is 114 cm³/mol. The number of nitrogens with zero attached hydrogens (tertiary/aromatic N) is 2. The number of pyridine rings is 1. The molecule has 1 aromatic heterocycles. The minimum Gasteiger partial charge on any atom is -0.371 e. The van der Waals surface area contributed by atoms with Crippen molar-refractivity contribution < 1.29 is 13.2 Å². The number of benzene rings is 1. The van der Waals surface area contributed by atoms with Gasteiger partial charge in [-0.05, 0) is 55.2 Å². The summed E-state index contributed by atoms with van der Waals surface area (Å²) in [4.78, 5) is 18.3. The second-order valence-corrected chi connectivity index (χ2v) is 9.42. The number of carbonyl (C=O) groups is 1. The van der Waals surface area contributed by atoms with Crippen molar-refractivity contribution in [3.8, 4) is 0 Å². The van der Waals surface area contributed by atoms with Crippen LogP contribution >= 0.6 is 0 Å². The average Bonchev–Trinajstić information content (AvgIpc) is 2.73. The van der Waals surface area contributed by atoms with Gasteiger partial charge in [-0.1, -0.05) is 13.8 Å². The van der Waals surface area contributed by atoms with Crippen LogP contribution in [0.2, 0.25) is 0 Å². The third kappa shape index (κ3) is 5.77. The van der Waals surface area contributed by atoms with Gasteiger partial charge in [-0.15, -0.1) is 0 Å². The lowest BCUT2D eigenvalue weighted by Gasteiger charge is -2.33. The van der Waals surface area contributed by atoms with Gasteiger partial charge in [0, 0.05) is 49.3 Å². The smallest absolute Gasteiger partial charge is 0.240 e. The topological polar surface area (TPSA) is 91.4 Å². The number of piperidine rings is 1. The maximum Gasteiger partial charge on any atom is 0.240 e. The van der Waals surface area contributed by atoms with Crippen LogP contribution in [0.4, 0.5) is 11.4 Å². The number of anilines is 2. The number of nitrogens with one attached hydrogen (secondary N) is 2. The van der Waals surface area contributed by atoms with Crippen LogP contribution in [0.1, 0.15) is 26.7 Å². The van der Waals surface area contributed by atoms with Gasteiger partial charge >= 0.3 is 0 Å². The Kier molecular flexibility index (Phi) is 6.87. The monoisotopic (exact) mass is 416 g/mol. The van der Waals surface area contributed by atoms with Crippen LogP contribution < -0.4 is 14.9 Å². The van der Waals surface area contributed by atoms with Gasteiger partial charge in [-0.25, -0.2) is 13.1 Å². The van der Waals surface area contributed by atoms with E-state index in [2.05, 4.69) is 19.9 Å². The van der Waals surface area contributed by atoms with Crippen molar-refractivity contribution in [1.29, 1.82) is 0 Å². The number of rotatable bonds is 7. The molecule has 1 fully saturated rings. The fourth-order valence-corrected chi connectivity index (χ4v) is 4.38. The van der Waals surface area contributed by atoms with E-state index in [1.54, 1.807) is 38.4 Å². The van der Waals surface area contributed by atoms with Gasteiger partial charge in [0.25, 0.3) is 0 Å². The van der Waals surface area contributed by atoms with Crippen LogP contribution in [0.3, 0.4) is 0 Å². The van der Waals surface area contributed by atoms with Crippen molar-refractivity contribution in [2.24, 2.45) is 11.8 Å². The Morgan fingerprint density at radius 3 is 2.31 bits per heavy atom. The number of aromatic nitrogens is 1. The van der Waals surface area contributed by atoms with Gasteiger partial charge in [0.05, 0.1) is 4.90 Å². The van der Waals surface area contributed by atoms with Crippen LogP contribution in [0.15, 0.2) is 53.7 Å². The van der Waals surface area contributed by atoms with E-state index in [9.17, 15) is 13.2 Å². The predicted octanol–water partition coefficient (Wildman–Crippen LogP) is 2.87. The van der Waals surface area contributed by atoms with E-state index < -0.39 is 10.0 Å². The Labute approximate surface area is 172 Å². The summed E-state index contributed by atoms with van der Waals surface area (Å²) >= 11 is 0. The molecule has 1 aliphatic rings. The highest BCUT2D eigenvalue weighted by Crippen LogP contribution is 2.23. The second kappa shape index (κ2) is 9.37. The summed E-state index contributed by atoms with van der Waals surface area (Å²) in [7, 11) is -3.57. The van der Waals surface area contributed by atoms with Gasteiger partial charge in [0.2, 0.25) is 15.9 Å². The molecular formula is C21H28N4O3S.